The molecule has 0 spiro atoms. The molecule has 0 aromatic carbocycles. The molecule has 0 aliphatic carbocycles. The summed E-state index contributed by atoms with van der Waals surface area (Å²) in [6, 6.07) is 1.34. The summed E-state index contributed by atoms with van der Waals surface area (Å²) >= 11 is 0. The first-order valence-corrected chi connectivity index (χ1v) is 2.70. The number of hydrogen-bond acceptors (Lipinski definition) is 2. The lowest BCUT2D eigenvalue weighted by atomic mass is 10.3. The van der Waals surface area contributed by atoms with Crippen LogP contribution >= 0.6 is 0 Å². The van der Waals surface area contributed by atoms with Gasteiger partial charge < -0.3 is 14.8 Å². The van der Waals surface area contributed by atoms with Gasteiger partial charge in [0.1, 0.15) is 5.56 Å². The van der Waals surface area contributed by atoms with E-state index in [0.717, 1.165) is 0 Å². The van der Waals surface area contributed by atoms with Gasteiger partial charge in [-0.2, -0.15) is 0 Å². The van der Waals surface area contributed by atoms with E-state index in [1.54, 1.807) is 7.05 Å². The van der Waals surface area contributed by atoms with Crippen LogP contribution in [0.1, 0.15) is 10.4 Å². The van der Waals surface area contributed by atoms with Crippen molar-refractivity contribution in [3.8, 4) is 5.88 Å². The number of aromatic hydroxyl groups is 1. The molecule has 0 aliphatic heterocycles. The van der Waals surface area contributed by atoms with E-state index in [2.05, 4.69) is 0 Å². The van der Waals surface area contributed by atoms with Crippen LogP contribution in [0.3, 0.4) is 0 Å². The van der Waals surface area contributed by atoms with E-state index < -0.39 is 5.97 Å². The Kier molecular flexibility index (Phi) is 1.37. The fourth-order valence-corrected chi connectivity index (χ4v) is 0.688. The van der Waals surface area contributed by atoms with Crippen molar-refractivity contribution in [3.63, 3.8) is 0 Å². The van der Waals surface area contributed by atoms with Gasteiger partial charge in [-0.15, -0.1) is 0 Å². The Labute approximate surface area is 57.3 Å². The fraction of sp³-hybridized carbons (Fsp3) is 0.167. The molecule has 0 saturated heterocycles. The number of carboxylic acids is 1. The van der Waals surface area contributed by atoms with E-state index in [9.17, 15) is 4.79 Å². The number of rotatable bonds is 1. The standard InChI is InChI=1S/C6H7NO3/c1-7-3-2-4(5(7)8)6(9)10/h2-3,8H,1H3,(H,9,10). The van der Waals surface area contributed by atoms with Gasteiger partial charge in [-0.3, -0.25) is 0 Å². The van der Waals surface area contributed by atoms with Gasteiger partial charge in [-0.25, -0.2) is 4.79 Å². The van der Waals surface area contributed by atoms with Crippen LogP contribution in [-0.4, -0.2) is 20.7 Å². The van der Waals surface area contributed by atoms with Gasteiger partial charge in [-0.1, -0.05) is 0 Å². The minimum Gasteiger partial charge on any atom is -0.494 e. The molecule has 0 aliphatic rings. The van der Waals surface area contributed by atoms with Crippen LogP contribution in [0.5, 0.6) is 5.88 Å². The Morgan fingerprint density at radius 1 is 1.70 bits per heavy atom. The summed E-state index contributed by atoms with van der Waals surface area (Å²) in [5, 5.41) is 17.4. The van der Waals surface area contributed by atoms with Crippen LogP contribution < -0.4 is 0 Å². The summed E-state index contributed by atoms with van der Waals surface area (Å²) in [5.41, 5.74) is -0.0671. The van der Waals surface area contributed by atoms with Gasteiger partial charge in [0.15, 0.2) is 0 Å². The molecule has 0 fully saturated rings. The van der Waals surface area contributed by atoms with Crippen molar-refractivity contribution in [2.45, 2.75) is 0 Å². The summed E-state index contributed by atoms with van der Waals surface area (Å²) in [7, 11) is 1.57. The predicted octanol–water partition coefficient (Wildman–Crippen LogP) is 0.429. The highest BCUT2D eigenvalue weighted by atomic mass is 16.4. The smallest absolute Gasteiger partial charge is 0.341 e. The maximum absolute atomic E-state index is 10.3. The molecule has 0 bridgehead atoms. The molecule has 1 aromatic heterocycles. The van der Waals surface area contributed by atoms with Gasteiger partial charge in [-0.05, 0) is 6.07 Å². The number of carboxylic acid groups (broad SMARTS) is 1. The zero-order valence-corrected chi connectivity index (χ0v) is 5.40. The quantitative estimate of drug-likeness (QED) is 0.596. The lowest BCUT2D eigenvalue weighted by Gasteiger charge is -1.93. The van der Waals surface area contributed by atoms with Crippen molar-refractivity contribution in [2.24, 2.45) is 7.05 Å². The Morgan fingerprint density at radius 2 is 2.30 bits per heavy atom. The summed E-state index contributed by atoms with van der Waals surface area (Å²) in [4.78, 5) is 10.3. The highest BCUT2D eigenvalue weighted by molar-refractivity contribution is 5.90. The summed E-state index contributed by atoms with van der Waals surface area (Å²) in [6.45, 7) is 0. The number of nitrogens with zero attached hydrogens (tertiary/aromatic N) is 1. The summed E-state index contributed by atoms with van der Waals surface area (Å²) in [5.74, 6) is -1.33. The van der Waals surface area contributed by atoms with Crippen molar-refractivity contribution in [3.05, 3.63) is 17.8 Å². The molecule has 4 heteroatoms. The second-order valence-corrected chi connectivity index (χ2v) is 1.97. The molecular weight excluding hydrogens is 134 g/mol. The predicted molar refractivity (Wildman–Crippen MR) is 34.0 cm³/mol. The maximum Gasteiger partial charge on any atom is 0.341 e. The number of carbonyl (C=O) groups is 1. The molecular formula is C6H7NO3. The van der Waals surface area contributed by atoms with E-state index in [4.69, 9.17) is 10.2 Å². The second kappa shape index (κ2) is 2.06. The Hall–Kier alpha value is -1.45. The summed E-state index contributed by atoms with van der Waals surface area (Å²) in [6.07, 6.45) is 1.48. The molecule has 2 N–H and O–H groups in total. The Balaban J connectivity index is 3.17. The third kappa shape index (κ3) is 0.834. The van der Waals surface area contributed by atoms with Crippen LogP contribution in [-0.2, 0) is 7.05 Å². The molecule has 0 radical (unpaired) electrons. The van der Waals surface area contributed by atoms with Crippen molar-refractivity contribution in [1.82, 2.24) is 4.57 Å². The SMILES string of the molecule is Cn1ccc(C(=O)O)c1O. The van der Waals surface area contributed by atoms with E-state index >= 15 is 0 Å². The van der Waals surface area contributed by atoms with Crippen LogP contribution in [0.25, 0.3) is 0 Å². The molecule has 10 heavy (non-hydrogen) atoms. The molecule has 0 amide bonds. The minimum atomic E-state index is -1.11. The normalized spacial score (nSPS) is 9.70. The largest absolute Gasteiger partial charge is 0.494 e. The first-order chi connectivity index (χ1) is 4.63. The van der Waals surface area contributed by atoms with Gasteiger partial charge >= 0.3 is 5.97 Å². The zero-order chi connectivity index (χ0) is 7.72. The van der Waals surface area contributed by atoms with E-state index in [1.165, 1.54) is 16.8 Å². The molecule has 0 atom stereocenters. The first kappa shape index (κ1) is 6.67. The Morgan fingerprint density at radius 3 is 2.50 bits per heavy atom. The molecule has 0 saturated carbocycles. The van der Waals surface area contributed by atoms with Crippen LogP contribution in [0.15, 0.2) is 12.3 Å². The summed E-state index contributed by atoms with van der Waals surface area (Å²) < 4.78 is 1.34. The van der Waals surface area contributed by atoms with Gasteiger partial charge in [0, 0.05) is 13.2 Å². The van der Waals surface area contributed by atoms with Crippen LogP contribution in [0.4, 0.5) is 0 Å². The van der Waals surface area contributed by atoms with Crippen molar-refractivity contribution < 1.29 is 15.0 Å². The number of aromatic carboxylic acids is 1. The number of aryl methyl sites for hydroxylation is 1. The minimum absolute atomic E-state index is 0.0671. The highest BCUT2D eigenvalue weighted by Gasteiger charge is 2.10. The van der Waals surface area contributed by atoms with Crippen molar-refractivity contribution in [2.75, 3.05) is 0 Å². The lowest BCUT2D eigenvalue weighted by molar-refractivity contribution is 0.0693. The molecule has 1 heterocycles. The molecule has 4 nitrogen and oxygen atoms in total. The molecule has 0 unspecified atom stereocenters. The van der Waals surface area contributed by atoms with E-state index in [-0.39, 0.29) is 11.4 Å². The van der Waals surface area contributed by atoms with Crippen molar-refractivity contribution in [1.29, 1.82) is 0 Å². The molecule has 1 rings (SSSR count). The van der Waals surface area contributed by atoms with Crippen LogP contribution in [0.2, 0.25) is 0 Å². The second-order valence-electron chi connectivity index (χ2n) is 1.97. The number of aromatic nitrogens is 1. The maximum atomic E-state index is 10.3. The van der Waals surface area contributed by atoms with Gasteiger partial charge in [0.2, 0.25) is 5.88 Å². The highest BCUT2D eigenvalue weighted by Crippen LogP contribution is 2.15. The average molecular weight is 141 g/mol. The van der Waals surface area contributed by atoms with Gasteiger partial charge in [0.25, 0.3) is 0 Å². The average Bonchev–Trinajstić information content (AvgIpc) is 2.14. The zero-order valence-electron chi connectivity index (χ0n) is 5.40. The number of hydrogen-bond donors (Lipinski definition) is 2. The van der Waals surface area contributed by atoms with E-state index in [0.29, 0.717) is 0 Å². The first-order valence-electron chi connectivity index (χ1n) is 2.70. The van der Waals surface area contributed by atoms with Gasteiger partial charge in [0.05, 0.1) is 0 Å². The topological polar surface area (TPSA) is 62.5 Å². The lowest BCUT2D eigenvalue weighted by Crippen LogP contribution is -1.94. The van der Waals surface area contributed by atoms with E-state index in [1.807, 2.05) is 0 Å². The van der Waals surface area contributed by atoms with Crippen molar-refractivity contribution >= 4 is 5.97 Å². The van der Waals surface area contributed by atoms with Crippen LogP contribution in [0, 0.1) is 0 Å². The third-order valence-corrected chi connectivity index (χ3v) is 1.27. The molecule has 54 valence electrons. The molecule has 1 aromatic rings. The third-order valence-electron chi connectivity index (χ3n) is 1.27. The Bertz CT molecular complexity index is 264. The monoisotopic (exact) mass is 141 g/mol. The fourth-order valence-electron chi connectivity index (χ4n) is 0.688.